The highest BCUT2D eigenvalue weighted by molar-refractivity contribution is 7.56. The van der Waals surface area contributed by atoms with Gasteiger partial charge in [-0.2, -0.15) is 9.97 Å². The predicted octanol–water partition coefficient (Wildman–Crippen LogP) is 4.40. The molecular formula is C26H37FN7O5P. The lowest BCUT2D eigenvalue weighted by Crippen LogP contribution is -2.37. The van der Waals surface area contributed by atoms with Gasteiger partial charge in [0.25, 0.3) is 7.52 Å². The standard InChI is InChI=1S/C26H37FN7O5P/c1-6-29-21-20-22(32-25(28)31-21)34(15-30-20)23-17(4)12-26(27,39-23)14-37-40(36,13-19-10-8-7-9-11-19)33-18(5)24(35)38-16(2)3/h7-11,15-18,23H,6,12-14H2,1-5H3,(H,33,36)(H3,28,29,31,32)/t17-,18-,23+,26-,40-/m0/s1. The molecule has 3 aromatic rings. The molecule has 1 saturated heterocycles. The number of nitrogens with zero attached hydrogens (tertiary/aromatic N) is 4. The maximum Gasteiger partial charge on any atom is 0.323 e. The number of nitrogens with one attached hydrogen (secondary N) is 2. The number of aromatic nitrogens is 4. The molecule has 0 spiro atoms. The maximum atomic E-state index is 16.1. The van der Waals surface area contributed by atoms with Crippen molar-refractivity contribution in [2.45, 2.75) is 71.4 Å². The monoisotopic (exact) mass is 577 g/mol. The number of fused-ring (bicyclic) bond motifs is 1. The van der Waals surface area contributed by atoms with Gasteiger partial charge in [0.05, 0.1) is 18.6 Å². The highest BCUT2D eigenvalue weighted by Gasteiger charge is 2.48. The van der Waals surface area contributed by atoms with Crippen molar-refractivity contribution in [2.24, 2.45) is 5.92 Å². The van der Waals surface area contributed by atoms with E-state index in [-0.39, 0.29) is 30.6 Å². The van der Waals surface area contributed by atoms with Crippen molar-refractivity contribution in [1.29, 1.82) is 0 Å². The average molecular weight is 578 g/mol. The molecule has 14 heteroatoms. The number of hydrogen-bond acceptors (Lipinski definition) is 10. The molecule has 0 radical (unpaired) electrons. The summed E-state index contributed by atoms with van der Waals surface area (Å²) in [6.07, 6.45) is 0.298. The first-order valence-corrected chi connectivity index (χ1v) is 15.1. The van der Waals surface area contributed by atoms with Crippen LogP contribution in [0.3, 0.4) is 0 Å². The summed E-state index contributed by atoms with van der Waals surface area (Å²) in [6.45, 7) is 8.70. The molecule has 1 aliphatic heterocycles. The van der Waals surface area contributed by atoms with Gasteiger partial charge in [0, 0.05) is 18.9 Å². The number of ether oxygens (including phenoxy) is 2. The van der Waals surface area contributed by atoms with E-state index in [1.165, 1.54) is 13.3 Å². The zero-order valence-electron chi connectivity index (χ0n) is 23.3. The average Bonchev–Trinajstić information content (AvgIpc) is 3.43. The molecule has 1 aromatic carbocycles. The van der Waals surface area contributed by atoms with Crippen LogP contribution in [0.5, 0.6) is 0 Å². The molecule has 12 nitrogen and oxygen atoms in total. The van der Waals surface area contributed by atoms with Gasteiger partial charge in [0.2, 0.25) is 11.8 Å². The van der Waals surface area contributed by atoms with Gasteiger partial charge < -0.3 is 25.0 Å². The third kappa shape index (κ3) is 6.95. The number of benzene rings is 1. The zero-order chi connectivity index (χ0) is 29.1. The number of carbonyl (C=O) groups is 1. The topological polar surface area (TPSA) is 156 Å². The first-order valence-electron chi connectivity index (χ1n) is 13.3. The molecule has 0 saturated carbocycles. The van der Waals surface area contributed by atoms with Crippen molar-refractivity contribution in [3.05, 3.63) is 42.2 Å². The molecule has 0 amide bonds. The van der Waals surface area contributed by atoms with E-state index < -0.39 is 38.2 Å². The van der Waals surface area contributed by atoms with E-state index in [4.69, 9.17) is 19.7 Å². The Labute approximate surface area is 232 Å². The molecule has 0 aliphatic carbocycles. The lowest BCUT2D eigenvalue weighted by Gasteiger charge is -2.27. The van der Waals surface area contributed by atoms with Crippen LogP contribution in [0.4, 0.5) is 16.2 Å². The summed E-state index contributed by atoms with van der Waals surface area (Å²) in [6, 6.07) is 8.04. The van der Waals surface area contributed by atoms with Crippen LogP contribution in [0.15, 0.2) is 36.7 Å². The summed E-state index contributed by atoms with van der Waals surface area (Å²) in [5.41, 5.74) is 7.50. The Morgan fingerprint density at radius 2 is 2.02 bits per heavy atom. The summed E-state index contributed by atoms with van der Waals surface area (Å²) in [5, 5.41) is 5.87. The Morgan fingerprint density at radius 1 is 1.30 bits per heavy atom. The van der Waals surface area contributed by atoms with Gasteiger partial charge in [-0.3, -0.25) is 13.9 Å². The molecule has 2 aromatic heterocycles. The SMILES string of the molecule is CCNc1nc(N)nc2c1ncn2[C@@H]1O[C@](F)(CO[P@@](=O)(Cc2ccccc2)N[C@@H](C)C(=O)OC(C)C)C[C@@H]1C. The van der Waals surface area contributed by atoms with E-state index in [1.807, 2.05) is 19.9 Å². The molecule has 4 rings (SSSR count). The third-order valence-corrected chi connectivity index (χ3v) is 8.43. The molecular weight excluding hydrogens is 540 g/mol. The number of nitrogen functional groups attached to an aromatic ring is 1. The highest BCUT2D eigenvalue weighted by Crippen LogP contribution is 2.50. The number of halogens is 1. The number of hydrogen-bond donors (Lipinski definition) is 3. The predicted molar refractivity (Wildman–Crippen MR) is 149 cm³/mol. The summed E-state index contributed by atoms with van der Waals surface area (Å²) >= 11 is 0. The largest absolute Gasteiger partial charge is 0.462 e. The number of esters is 1. The molecule has 5 atom stereocenters. The van der Waals surface area contributed by atoms with Gasteiger partial charge in [-0.15, -0.1) is 0 Å². The van der Waals surface area contributed by atoms with Crippen LogP contribution in [0.2, 0.25) is 0 Å². The fourth-order valence-corrected chi connectivity index (χ4v) is 6.68. The second kappa shape index (κ2) is 12.2. The van der Waals surface area contributed by atoms with E-state index in [0.717, 1.165) is 0 Å². The molecule has 4 N–H and O–H groups in total. The Hall–Kier alpha value is -3.12. The van der Waals surface area contributed by atoms with Gasteiger partial charge in [-0.05, 0) is 33.3 Å². The zero-order valence-corrected chi connectivity index (χ0v) is 24.2. The van der Waals surface area contributed by atoms with Crippen molar-refractivity contribution >= 4 is 36.4 Å². The first kappa shape index (κ1) is 29.9. The van der Waals surface area contributed by atoms with E-state index in [2.05, 4.69) is 25.4 Å². The fourth-order valence-electron chi connectivity index (χ4n) is 4.63. The maximum absolute atomic E-state index is 16.1. The van der Waals surface area contributed by atoms with E-state index in [1.54, 1.807) is 42.7 Å². The molecule has 1 aliphatic rings. The summed E-state index contributed by atoms with van der Waals surface area (Å²) in [5.74, 6) is -2.64. The minimum Gasteiger partial charge on any atom is -0.462 e. The van der Waals surface area contributed by atoms with Crippen molar-refractivity contribution in [2.75, 3.05) is 24.2 Å². The normalized spacial score (nSPS) is 23.3. The quantitative estimate of drug-likeness (QED) is 0.207. The lowest BCUT2D eigenvalue weighted by atomic mass is 10.1. The first-order chi connectivity index (χ1) is 18.9. The number of imidazole rings is 1. The minimum absolute atomic E-state index is 0.0335. The van der Waals surface area contributed by atoms with E-state index in [9.17, 15) is 9.36 Å². The smallest absolute Gasteiger partial charge is 0.323 e. The second-order valence-corrected chi connectivity index (χ2v) is 12.5. The molecule has 218 valence electrons. The van der Waals surface area contributed by atoms with Crippen molar-refractivity contribution < 1.29 is 27.7 Å². The number of anilines is 2. The third-order valence-electron chi connectivity index (χ3n) is 6.32. The van der Waals surface area contributed by atoms with Gasteiger partial charge in [0.15, 0.2) is 17.0 Å². The van der Waals surface area contributed by atoms with Gasteiger partial charge in [-0.25, -0.2) is 14.5 Å². The molecule has 0 unspecified atom stereocenters. The molecule has 3 heterocycles. The van der Waals surface area contributed by atoms with Crippen LogP contribution in [0, 0.1) is 5.92 Å². The molecule has 0 bridgehead atoms. The van der Waals surface area contributed by atoms with Crippen LogP contribution in [0.1, 0.15) is 52.8 Å². The number of rotatable bonds is 12. The number of alkyl halides is 1. The van der Waals surface area contributed by atoms with Crippen LogP contribution in [0.25, 0.3) is 11.2 Å². The van der Waals surface area contributed by atoms with Crippen molar-refractivity contribution in [1.82, 2.24) is 24.6 Å². The van der Waals surface area contributed by atoms with Crippen molar-refractivity contribution in [3.63, 3.8) is 0 Å². The summed E-state index contributed by atoms with van der Waals surface area (Å²) in [4.78, 5) is 25.3. The Morgan fingerprint density at radius 3 is 2.70 bits per heavy atom. The lowest BCUT2D eigenvalue weighted by molar-refractivity contribution is -0.172. The van der Waals surface area contributed by atoms with Crippen LogP contribution < -0.4 is 16.1 Å². The summed E-state index contributed by atoms with van der Waals surface area (Å²) in [7, 11) is -3.78. The minimum atomic E-state index is -3.78. The Kier molecular flexibility index (Phi) is 9.09. The van der Waals surface area contributed by atoms with Crippen molar-refractivity contribution in [3.8, 4) is 0 Å². The fraction of sp³-hybridized carbons (Fsp3) is 0.538. The van der Waals surface area contributed by atoms with Crippen LogP contribution in [-0.2, 0) is 29.5 Å². The highest BCUT2D eigenvalue weighted by atomic mass is 31.2. The van der Waals surface area contributed by atoms with Crippen LogP contribution >= 0.6 is 7.52 Å². The Bertz CT molecular complexity index is 1370. The van der Waals surface area contributed by atoms with Gasteiger partial charge >= 0.3 is 5.97 Å². The van der Waals surface area contributed by atoms with Gasteiger partial charge in [-0.1, -0.05) is 37.3 Å². The van der Waals surface area contributed by atoms with Gasteiger partial charge in [0.1, 0.15) is 18.9 Å². The van der Waals surface area contributed by atoms with E-state index >= 15 is 4.39 Å². The second-order valence-electron chi connectivity index (χ2n) is 10.3. The Balaban J connectivity index is 1.53. The molecule has 40 heavy (non-hydrogen) atoms. The van der Waals surface area contributed by atoms with Crippen LogP contribution in [-0.4, -0.2) is 56.6 Å². The molecule has 1 fully saturated rings. The summed E-state index contributed by atoms with van der Waals surface area (Å²) < 4.78 is 48.6. The number of nitrogens with two attached hydrogens (primary N) is 1. The van der Waals surface area contributed by atoms with E-state index in [0.29, 0.717) is 29.1 Å². The number of carbonyl (C=O) groups excluding carboxylic acids is 1.